The predicted octanol–water partition coefficient (Wildman–Crippen LogP) is 1.11. The van der Waals surface area contributed by atoms with Crippen molar-refractivity contribution in [3.8, 4) is 0 Å². The van der Waals surface area contributed by atoms with Crippen LogP contribution in [-0.4, -0.2) is 74.1 Å². The van der Waals surface area contributed by atoms with Crippen LogP contribution in [0.4, 0.5) is 10.1 Å². The minimum Gasteiger partial charge on any atom is -0.385 e. The lowest BCUT2D eigenvalue weighted by Gasteiger charge is -2.38. The van der Waals surface area contributed by atoms with Gasteiger partial charge in [0, 0.05) is 52.1 Å². The van der Waals surface area contributed by atoms with E-state index in [1.54, 1.807) is 19.2 Å². The highest BCUT2D eigenvalue weighted by molar-refractivity contribution is 6.05. The summed E-state index contributed by atoms with van der Waals surface area (Å²) >= 11 is 0. The fourth-order valence-electron chi connectivity index (χ4n) is 3.50. The molecule has 0 saturated carbocycles. The largest absolute Gasteiger partial charge is 0.385 e. The van der Waals surface area contributed by atoms with E-state index >= 15 is 0 Å². The van der Waals surface area contributed by atoms with Crippen LogP contribution in [0.3, 0.4) is 0 Å². The Morgan fingerprint density at radius 1 is 1.12 bits per heavy atom. The fourth-order valence-corrected chi connectivity index (χ4v) is 3.50. The lowest BCUT2D eigenvalue weighted by molar-refractivity contribution is -0.140. The molecule has 25 heavy (non-hydrogen) atoms. The normalized spacial score (nSPS) is 22.1. The number of amides is 2. The van der Waals surface area contributed by atoms with Crippen LogP contribution in [0.15, 0.2) is 24.3 Å². The summed E-state index contributed by atoms with van der Waals surface area (Å²) in [6.07, 6.45) is 0.932. The number of anilines is 1. The number of hydrogen-bond acceptors (Lipinski definition) is 5. The van der Waals surface area contributed by atoms with Gasteiger partial charge in [-0.25, -0.2) is 4.39 Å². The number of piperazine rings is 1. The molecule has 0 radical (unpaired) electrons. The Morgan fingerprint density at radius 2 is 1.80 bits per heavy atom. The van der Waals surface area contributed by atoms with E-state index in [0.717, 1.165) is 18.8 Å². The van der Waals surface area contributed by atoms with Crippen LogP contribution in [-0.2, 0) is 14.3 Å². The second-order valence-electron chi connectivity index (χ2n) is 6.45. The number of methoxy groups -OCH3 is 1. The Bertz CT molecular complexity index is 614. The average molecular weight is 349 g/mol. The summed E-state index contributed by atoms with van der Waals surface area (Å²) < 4.78 is 18.0. The van der Waals surface area contributed by atoms with Crippen LogP contribution >= 0.6 is 0 Å². The number of hydrogen-bond donors (Lipinski definition) is 0. The lowest BCUT2D eigenvalue weighted by Crippen LogP contribution is -2.52. The van der Waals surface area contributed by atoms with Crippen molar-refractivity contribution in [1.82, 2.24) is 9.80 Å². The molecule has 1 atom stereocenters. The summed E-state index contributed by atoms with van der Waals surface area (Å²) in [4.78, 5) is 30.3. The first-order valence-corrected chi connectivity index (χ1v) is 8.68. The second kappa shape index (κ2) is 7.93. The summed E-state index contributed by atoms with van der Waals surface area (Å²) in [7, 11) is 1.61. The SMILES string of the molecule is COCCCN1C(=O)C[C@@H](N2CCN(c3ccc(F)cc3)CC2)C1=O. The number of halogens is 1. The molecule has 3 rings (SSSR count). The molecule has 0 bridgehead atoms. The number of imide groups is 1. The smallest absolute Gasteiger partial charge is 0.247 e. The Labute approximate surface area is 147 Å². The molecule has 0 aromatic heterocycles. The third kappa shape index (κ3) is 3.99. The highest BCUT2D eigenvalue weighted by Crippen LogP contribution is 2.23. The molecule has 2 saturated heterocycles. The van der Waals surface area contributed by atoms with Gasteiger partial charge in [-0.15, -0.1) is 0 Å². The number of rotatable bonds is 6. The number of carbonyl (C=O) groups is 2. The van der Waals surface area contributed by atoms with Crippen molar-refractivity contribution in [2.45, 2.75) is 18.9 Å². The van der Waals surface area contributed by atoms with E-state index in [4.69, 9.17) is 4.74 Å². The molecular weight excluding hydrogens is 325 g/mol. The van der Waals surface area contributed by atoms with E-state index in [1.165, 1.54) is 17.0 Å². The maximum atomic E-state index is 13.0. The summed E-state index contributed by atoms with van der Waals surface area (Å²) in [5.41, 5.74) is 0.982. The number of nitrogens with zero attached hydrogens (tertiary/aromatic N) is 3. The minimum atomic E-state index is -0.342. The zero-order valence-corrected chi connectivity index (χ0v) is 14.5. The van der Waals surface area contributed by atoms with Gasteiger partial charge in [0.15, 0.2) is 0 Å². The molecule has 1 aromatic carbocycles. The summed E-state index contributed by atoms with van der Waals surface area (Å²) in [5, 5.41) is 0. The van der Waals surface area contributed by atoms with Gasteiger partial charge in [-0.05, 0) is 30.7 Å². The standard InChI is InChI=1S/C18H24FN3O3/c1-25-12-2-7-22-17(23)13-16(18(22)24)21-10-8-20(9-11-21)15-5-3-14(19)4-6-15/h3-6,16H,2,7-13H2,1H3/t16-/m1/s1. The molecule has 136 valence electrons. The first-order valence-electron chi connectivity index (χ1n) is 8.68. The number of ether oxygens (including phenoxy) is 1. The van der Waals surface area contributed by atoms with Gasteiger partial charge in [0.2, 0.25) is 11.8 Å². The van der Waals surface area contributed by atoms with Gasteiger partial charge in [-0.2, -0.15) is 0 Å². The minimum absolute atomic E-state index is 0.0867. The lowest BCUT2D eigenvalue weighted by atomic mass is 10.1. The van der Waals surface area contributed by atoms with E-state index in [1.807, 2.05) is 0 Å². The van der Waals surface area contributed by atoms with Crippen LogP contribution in [0.25, 0.3) is 0 Å². The molecule has 2 aliphatic heterocycles. The zero-order chi connectivity index (χ0) is 17.8. The quantitative estimate of drug-likeness (QED) is 0.569. The van der Waals surface area contributed by atoms with Crippen molar-refractivity contribution in [3.63, 3.8) is 0 Å². The van der Waals surface area contributed by atoms with Gasteiger partial charge in [-0.3, -0.25) is 19.4 Å². The second-order valence-corrected chi connectivity index (χ2v) is 6.45. The topological polar surface area (TPSA) is 53.1 Å². The molecular formula is C18H24FN3O3. The van der Waals surface area contributed by atoms with E-state index in [9.17, 15) is 14.0 Å². The van der Waals surface area contributed by atoms with Gasteiger partial charge < -0.3 is 9.64 Å². The van der Waals surface area contributed by atoms with E-state index in [-0.39, 0.29) is 30.1 Å². The third-order valence-corrected chi connectivity index (χ3v) is 4.90. The van der Waals surface area contributed by atoms with Crippen LogP contribution < -0.4 is 4.90 Å². The summed E-state index contributed by atoms with van der Waals surface area (Å²) in [5.74, 6) is -0.422. The Hall–Kier alpha value is -1.99. The maximum Gasteiger partial charge on any atom is 0.247 e. The summed E-state index contributed by atoms with van der Waals surface area (Å²) in [6.45, 7) is 3.91. The van der Waals surface area contributed by atoms with Crippen molar-refractivity contribution in [3.05, 3.63) is 30.1 Å². The van der Waals surface area contributed by atoms with E-state index in [0.29, 0.717) is 32.7 Å². The van der Waals surface area contributed by atoms with Crippen LogP contribution in [0, 0.1) is 5.82 Å². The van der Waals surface area contributed by atoms with E-state index in [2.05, 4.69) is 9.80 Å². The highest BCUT2D eigenvalue weighted by Gasteiger charge is 2.42. The van der Waals surface area contributed by atoms with Crippen LogP contribution in [0.1, 0.15) is 12.8 Å². The van der Waals surface area contributed by atoms with Crippen molar-refractivity contribution in [2.24, 2.45) is 0 Å². The van der Waals surface area contributed by atoms with Gasteiger partial charge in [0.1, 0.15) is 5.82 Å². The first kappa shape index (κ1) is 17.8. The van der Waals surface area contributed by atoms with E-state index < -0.39 is 0 Å². The first-order chi connectivity index (χ1) is 12.1. The number of likely N-dealkylation sites (tertiary alicyclic amines) is 1. The van der Waals surface area contributed by atoms with Gasteiger partial charge in [0.25, 0.3) is 0 Å². The van der Waals surface area contributed by atoms with Gasteiger partial charge in [0.05, 0.1) is 12.5 Å². The predicted molar refractivity (Wildman–Crippen MR) is 91.8 cm³/mol. The molecule has 0 unspecified atom stereocenters. The Morgan fingerprint density at radius 3 is 2.44 bits per heavy atom. The molecule has 0 spiro atoms. The van der Waals surface area contributed by atoms with Gasteiger partial charge in [-0.1, -0.05) is 0 Å². The molecule has 2 heterocycles. The monoisotopic (exact) mass is 349 g/mol. The Kier molecular flexibility index (Phi) is 5.65. The molecule has 2 aliphatic rings. The average Bonchev–Trinajstić information content (AvgIpc) is 2.91. The summed E-state index contributed by atoms with van der Waals surface area (Å²) in [6, 6.07) is 6.11. The molecule has 1 aromatic rings. The van der Waals surface area contributed by atoms with Crippen LogP contribution in [0.5, 0.6) is 0 Å². The molecule has 6 nitrogen and oxygen atoms in total. The maximum absolute atomic E-state index is 13.0. The molecule has 2 fully saturated rings. The number of benzene rings is 1. The number of carbonyl (C=O) groups excluding carboxylic acids is 2. The van der Waals surface area contributed by atoms with Crippen molar-refractivity contribution in [2.75, 3.05) is 51.3 Å². The third-order valence-electron chi connectivity index (χ3n) is 4.90. The Balaban J connectivity index is 1.55. The van der Waals surface area contributed by atoms with Crippen molar-refractivity contribution < 1.29 is 18.7 Å². The highest BCUT2D eigenvalue weighted by atomic mass is 19.1. The molecule has 2 amide bonds. The van der Waals surface area contributed by atoms with Crippen LogP contribution in [0.2, 0.25) is 0 Å². The molecule has 7 heteroatoms. The molecule has 0 aliphatic carbocycles. The van der Waals surface area contributed by atoms with Crippen molar-refractivity contribution >= 4 is 17.5 Å². The fraction of sp³-hybridized carbons (Fsp3) is 0.556. The van der Waals surface area contributed by atoms with Crippen molar-refractivity contribution in [1.29, 1.82) is 0 Å². The van der Waals surface area contributed by atoms with Gasteiger partial charge >= 0.3 is 0 Å². The molecule has 0 N–H and O–H groups in total. The zero-order valence-electron chi connectivity index (χ0n) is 14.5.